The molecule has 1 aromatic carbocycles. The van der Waals surface area contributed by atoms with Gasteiger partial charge >= 0.3 is 0 Å². The van der Waals surface area contributed by atoms with Gasteiger partial charge in [0.1, 0.15) is 5.75 Å². The van der Waals surface area contributed by atoms with Crippen molar-refractivity contribution < 1.29 is 9.47 Å². The number of rotatable bonds is 8. The molecule has 17 heavy (non-hydrogen) atoms. The highest BCUT2D eigenvalue weighted by Gasteiger charge is 2.09. The lowest BCUT2D eigenvalue weighted by Gasteiger charge is -2.17. The second-order valence-electron chi connectivity index (χ2n) is 4.01. The Balaban J connectivity index is 2.63. The van der Waals surface area contributed by atoms with Crippen molar-refractivity contribution in [2.75, 3.05) is 13.7 Å². The maximum Gasteiger partial charge on any atom is 0.118 e. The van der Waals surface area contributed by atoms with Gasteiger partial charge in [0.15, 0.2) is 0 Å². The highest BCUT2D eigenvalue weighted by atomic mass is 16.5. The highest BCUT2D eigenvalue weighted by Crippen LogP contribution is 2.24. The molecule has 0 aliphatic heterocycles. The minimum absolute atomic E-state index is 0.116. The first-order valence-electron chi connectivity index (χ1n) is 6.18. The van der Waals surface area contributed by atoms with E-state index in [9.17, 15) is 0 Å². The van der Waals surface area contributed by atoms with Gasteiger partial charge in [0.05, 0.1) is 13.2 Å². The number of methoxy groups -OCH3 is 1. The third kappa shape index (κ3) is 4.61. The molecule has 0 aliphatic rings. The topological polar surface area (TPSA) is 18.5 Å². The third-order valence-corrected chi connectivity index (χ3v) is 2.69. The molecule has 0 heterocycles. The van der Waals surface area contributed by atoms with Gasteiger partial charge in [-0.2, -0.15) is 0 Å². The van der Waals surface area contributed by atoms with E-state index in [2.05, 4.69) is 25.6 Å². The zero-order valence-corrected chi connectivity index (χ0v) is 10.8. The van der Waals surface area contributed by atoms with Gasteiger partial charge < -0.3 is 9.47 Å². The molecule has 94 valence electrons. The van der Waals surface area contributed by atoms with Crippen LogP contribution in [0.25, 0.3) is 0 Å². The zero-order chi connectivity index (χ0) is 12.5. The van der Waals surface area contributed by atoms with Gasteiger partial charge in [-0.15, -0.1) is 6.58 Å². The summed E-state index contributed by atoms with van der Waals surface area (Å²) in [7, 11) is 1.67. The van der Waals surface area contributed by atoms with Crippen molar-refractivity contribution in [3.63, 3.8) is 0 Å². The lowest BCUT2D eigenvalue weighted by Crippen LogP contribution is -2.04. The van der Waals surface area contributed by atoms with Crippen molar-refractivity contribution in [3.05, 3.63) is 42.5 Å². The fourth-order valence-electron chi connectivity index (χ4n) is 1.64. The van der Waals surface area contributed by atoms with Crippen LogP contribution in [0.5, 0.6) is 5.75 Å². The molecule has 2 nitrogen and oxygen atoms in total. The first kappa shape index (κ1) is 13.8. The van der Waals surface area contributed by atoms with Crippen LogP contribution in [-0.4, -0.2) is 13.7 Å². The van der Waals surface area contributed by atoms with Crippen LogP contribution in [0.3, 0.4) is 0 Å². The number of benzene rings is 1. The number of unbranched alkanes of at least 4 members (excludes halogenated alkanes) is 1. The van der Waals surface area contributed by atoms with Crippen LogP contribution in [0, 0.1) is 0 Å². The second-order valence-corrected chi connectivity index (χ2v) is 4.01. The minimum atomic E-state index is 0.116. The molecule has 0 N–H and O–H groups in total. The average Bonchev–Trinajstić information content (AvgIpc) is 2.38. The predicted octanol–water partition coefficient (Wildman–Crippen LogP) is 4.13. The molecule has 0 amide bonds. The Morgan fingerprint density at radius 2 is 2.00 bits per heavy atom. The SMILES string of the molecule is C=CCC(OCCCC)c1ccc(OC)cc1. The van der Waals surface area contributed by atoms with Crippen LogP contribution < -0.4 is 4.74 Å². The smallest absolute Gasteiger partial charge is 0.118 e. The van der Waals surface area contributed by atoms with Crippen molar-refractivity contribution >= 4 is 0 Å². The fraction of sp³-hybridized carbons (Fsp3) is 0.467. The number of ether oxygens (including phenoxy) is 2. The standard InChI is InChI=1S/C15H22O2/c1-4-6-12-17-15(7-5-2)13-8-10-14(16-3)11-9-13/h5,8-11,15H,2,4,6-7,12H2,1,3H3. The summed E-state index contributed by atoms with van der Waals surface area (Å²) < 4.78 is 11.0. The summed E-state index contributed by atoms with van der Waals surface area (Å²) >= 11 is 0. The molecular formula is C15H22O2. The molecule has 0 saturated heterocycles. The fourth-order valence-corrected chi connectivity index (χ4v) is 1.64. The summed E-state index contributed by atoms with van der Waals surface area (Å²) in [4.78, 5) is 0. The Bertz CT molecular complexity index is 316. The quantitative estimate of drug-likeness (QED) is 0.497. The van der Waals surface area contributed by atoms with Crippen molar-refractivity contribution in [1.29, 1.82) is 0 Å². The van der Waals surface area contributed by atoms with Crippen LogP contribution in [-0.2, 0) is 4.74 Å². The van der Waals surface area contributed by atoms with E-state index in [4.69, 9.17) is 9.47 Å². The summed E-state index contributed by atoms with van der Waals surface area (Å²) in [6.45, 7) is 6.76. The first-order chi connectivity index (χ1) is 8.31. The Labute approximate surface area is 104 Å². The van der Waals surface area contributed by atoms with Crippen molar-refractivity contribution in [2.24, 2.45) is 0 Å². The van der Waals surface area contributed by atoms with Gasteiger partial charge in [-0.1, -0.05) is 31.6 Å². The maximum atomic E-state index is 5.87. The third-order valence-electron chi connectivity index (χ3n) is 2.69. The van der Waals surface area contributed by atoms with E-state index in [1.807, 2.05) is 18.2 Å². The summed E-state index contributed by atoms with van der Waals surface area (Å²) in [5, 5.41) is 0. The van der Waals surface area contributed by atoms with Gasteiger partial charge in [-0.05, 0) is 30.5 Å². The van der Waals surface area contributed by atoms with Gasteiger partial charge in [0.25, 0.3) is 0 Å². The predicted molar refractivity (Wildman–Crippen MR) is 71.4 cm³/mol. The van der Waals surface area contributed by atoms with Crippen LogP contribution in [0.15, 0.2) is 36.9 Å². The zero-order valence-electron chi connectivity index (χ0n) is 10.8. The van der Waals surface area contributed by atoms with Gasteiger partial charge in [0, 0.05) is 6.61 Å². The van der Waals surface area contributed by atoms with Gasteiger partial charge in [-0.25, -0.2) is 0 Å². The van der Waals surface area contributed by atoms with E-state index >= 15 is 0 Å². The maximum absolute atomic E-state index is 5.87. The molecule has 1 aromatic rings. The van der Waals surface area contributed by atoms with Crippen molar-refractivity contribution in [1.82, 2.24) is 0 Å². The largest absolute Gasteiger partial charge is 0.497 e. The normalized spacial score (nSPS) is 12.1. The average molecular weight is 234 g/mol. The minimum Gasteiger partial charge on any atom is -0.497 e. The molecule has 0 radical (unpaired) electrons. The molecule has 2 heteroatoms. The molecule has 1 rings (SSSR count). The van der Waals surface area contributed by atoms with Crippen LogP contribution in [0.1, 0.15) is 37.9 Å². The molecule has 0 aliphatic carbocycles. The lowest BCUT2D eigenvalue weighted by atomic mass is 10.1. The Morgan fingerprint density at radius 1 is 1.29 bits per heavy atom. The molecule has 0 saturated carbocycles. The summed E-state index contributed by atoms with van der Waals surface area (Å²) in [6, 6.07) is 8.04. The molecule has 1 atom stereocenters. The van der Waals surface area contributed by atoms with Crippen LogP contribution in [0.2, 0.25) is 0 Å². The Morgan fingerprint density at radius 3 is 2.53 bits per heavy atom. The molecule has 1 unspecified atom stereocenters. The molecule has 0 aromatic heterocycles. The number of hydrogen-bond donors (Lipinski definition) is 0. The molecule has 0 bridgehead atoms. The van der Waals surface area contributed by atoms with E-state index in [1.165, 1.54) is 5.56 Å². The number of hydrogen-bond acceptors (Lipinski definition) is 2. The Kier molecular flexibility index (Phi) is 6.41. The second kappa shape index (κ2) is 7.91. The van der Waals surface area contributed by atoms with Crippen LogP contribution in [0.4, 0.5) is 0 Å². The van der Waals surface area contributed by atoms with Crippen LogP contribution >= 0.6 is 0 Å². The van der Waals surface area contributed by atoms with E-state index in [1.54, 1.807) is 7.11 Å². The van der Waals surface area contributed by atoms with Crippen molar-refractivity contribution in [3.8, 4) is 5.75 Å². The van der Waals surface area contributed by atoms with E-state index in [-0.39, 0.29) is 6.10 Å². The molecule has 0 spiro atoms. The molecular weight excluding hydrogens is 212 g/mol. The summed E-state index contributed by atoms with van der Waals surface area (Å²) in [5.41, 5.74) is 1.18. The van der Waals surface area contributed by atoms with Crippen molar-refractivity contribution in [2.45, 2.75) is 32.3 Å². The first-order valence-corrected chi connectivity index (χ1v) is 6.18. The van der Waals surface area contributed by atoms with E-state index in [0.29, 0.717) is 0 Å². The monoisotopic (exact) mass is 234 g/mol. The van der Waals surface area contributed by atoms with E-state index < -0.39 is 0 Å². The Hall–Kier alpha value is -1.28. The molecule has 0 fully saturated rings. The highest BCUT2D eigenvalue weighted by molar-refractivity contribution is 5.28. The van der Waals surface area contributed by atoms with Gasteiger partial charge in [-0.3, -0.25) is 0 Å². The van der Waals surface area contributed by atoms with Gasteiger partial charge in [0.2, 0.25) is 0 Å². The lowest BCUT2D eigenvalue weighted by molar-refractivity contribution is 0.0527. The van der Waals surface area contributed by atoms with E-state index in [0.717, 1.165) is 31.6 Å². The summed E-state index contributed by atoms with van der Waals surface area (Å²) in [6.07, 6.45) is 5.12. The summed E-state index contributed by atoms with van der Waals surface area (Å²) in [5.74, 6) is 0.875.